The maximum atomic E-state index is 9.16. The van der Waals surface area contributed by atoms with Gasteiger partial charge in [0.1, 0.15) is 0 Å². The highest BCUT2D eigenvalue weighted by Gasteiger charge is 2.20. The molecule has 2 aromatic rings. The summed E-state index contributed by atoms with van der Waals surface area (Å²) in [5, 5.41) is 21.3. The van der Waals surface area contributed by atoms with Gasteiger partial charge >= 0.3 is 7.12 Å². The summed E-state index contributed by atoms with van der Waals surface area (Å²) in [7, 11) is -1.51. The van der Waals surface area contributed by atoms with Gasteiger partial charge in [0.25, 0.3) is 0 Å². The van der Waals surface area contributed by atoms with Gasteiger partial charge in [-0.25, -0.2) is 0 Å². The highest BCUT2D eigenvalue weighted by atomic mass is 127. The van der Waals surface area contributed by atoms with Crippen molar-refractivity contribution in [2.45, 2.75) is 0 Å². The van der Waals surface area contributed by atoms with Crippen molar-refractivity contribution < 1.29 is 10.0 Å². The van der Waals surface area contributed by atoms with E-state index < -0.39 is 7.12 Å². The first-order chi connectivity index (χ1) is 6.61. The van der Waals surface area contributed by atoms with Crippen molar-refractivity contribution in [1.29, 1.82) is 0 Å². The Balaban J connectivity index is 2.82. The third-order valence-electron chi connectivity index (χ3n) is 2.03. The van der Waals surface area contributed by atoms with E-state index in [1.165, 1.54) is 11.3 Å². The SMILES string of the molecule is Nc1c(B(O)O)c(I)cc2ccsc12. The third-order valence-corrected chi connectivity index (χ3v) is 3.88. The minimum Gasteiger partial charge on any atom is -0.423 e. The molecule has 0 radical (unpaired) electrons. The molecule has 2 rings (SSSR count). The topological polar surface area (TPSA) is 66.5 Å². The predicted octanol–water partition coefficient (Wildman–Crippen LogP) is 0.768. The van der Waals surface area contributed by atoms with Crippen LogP contribution in [0.5, 0.6) is 0 Å². The van der Waals surface area contributed by atoms with Gasteiger partial charge in [0.05, 0.1) is 10.4 Å². The van der Waals surface area contributed by atoms with Gasteiger partial charge < -0.3 is 15.8 Å². The monoisotopic (exact) mass is 319 g/mol. The Bertz CT molecular complexity index is 485. The van der Waals surface area contributed by atoms with Crippen molar-refractivity contribution >= 4 is 62.3 Å². The molecule has 0 saturated carbocycles. The number of nitrogen functional groups attached to an aromatic ring is 1. The fraction of sp³-hybridized carbons (Fsp3) is 0. The van der Waals surface area contributed by atoms with Crippen molar-refractivity contribution in [2.75, 3.05) is 5.73 Å². The fourth-order valence-electron chi connectivity index (χ4n) is 1.38. The second kappa shape index (κ2) is 3.69. The van der Waals surface area contributed by atoms with Crippen LogP contribution >= 0.6 is 33.9 Å². The first-order valence-electron chi connectivity index (χ1n) is 3.92. The zero-order valence-corrected chi connectivity index (χ0v) is 10.0. The maximum absolute atomic E-state index is 9.16. The quantitative estimate of drug-likeness (QED) is 0.413. The lowest BCUT2D eigenvalue weighted by Gasteiger charge is -2.08. The second-order valence-corrected chi connectivity index (χ2v) is 4.98. The summed E-state index contributed by atoms with van der Waals surface area (Å²) in [6.07, 6.45) is 0. The first-order valence-corrected chi connectivity index (χ1v) is 5.88. The number of benzene rings is 1. The van der Waals surface area contributed by atoms with Crippen LogP contribution in [0.1, 0.15) is 0 Å². The van der Waals surface area contributed by atoms with Crippen molar-refractivity contribution in [3.05, 3.63) is 21.1 Å². The summed E-state index contributed by atoms with van der Waals surface area (Å²) in [6.45, 7) is 0. The van der Waals surface area contributed by atoms with Crippen molar-refractivity contribution in [1.82, 2.24) is 0 Å². The molecule has 1 aromatic carbocycles. The molecular weight excluding hydrogens is 312 g/mol. The van der Waals surface area contributed by atoms with E-state index in [2.05, 4.69) is 22.6 Å². The Hall–Kier alpha value is -0.305. The third kappa shape index (κ3) is 1.52. The molecule has 0 bridgehead atoms. The van der Waals surface area contributed by atoms with Gasteiger partial charge in [0, 0.05) is 9.03 Å². The van der Waals surface area contributed by atoms with Gasteiger partial charge in [-0.2, -0.15) is 0 Å². The molecule has 1 heterocycles. The summed E-state index contributed by atoms with van der Waals surface area (Å²) < 4.78 is 1.69. The van der Waals surface area contributed by atoms with E-state index in [1.807, 2.05) is 17.5 Å². The van der Waals surface area contributed by atoms with E-state index >= 15 is 0 Å². The van der Waals surface area contributed by atoms with Crippen LogP contribution in [0.4, 0.5) is 5.69 Å². The fourth-order valence-corrected chi connectivity index (χ4v) is 3.13. The molecule has 0 unspecified atom stereocenters. The zero-order valence-electron chi connectivity index (χ0n) is 7.07. The lowest BCUT2D eigenvalue weighted by Crippen LogP contribution is -2.34. The van der Waals surface area contributed by atoms with E-state index in [0.29, 0.717) is 11.2 Å². The van der Waals surface area contributed by atoms with Crippen LogP contribution in [0.15, 0.2) is 17.5 Å². The number of fused-ring (bicyclic) bond motifs is 1. The van der Waals surface area contributed by atoms with Crippen LogP contribution in [-0.2, 0) is 0 Å². The van der Waals surface area contributed by atoms with Crippen LogP contribution in [-0.4, -0.2) is 17.2 Å². The number of nitrogens with two attached hydrogens (primary N) is 1. The molecule has 0 aliphatic heterocycles. The minimum atomic E-state index is -1.51. The van der Waals surface area contributed by atoms with Gasteiger partial charge in [-0.15, -0.1) is 11.3 Å². The summed E-state index contributed by atoms with van der Waals surface area (Å²) in [6, 6.07) is 3.86. The predicted molar refractivity (Wildman–Crippen MR) is 68.8 cm³/mol. The van der Waals surface area contributed by atoms with E-state index in [9.17, 15) is 0 Å². The Labute approximate surface area is 98.8 Å². The van der Waals surface area contributed by atoms with Crippen molar-refractivity contribution in [3.63, 3.8) is 0 Å². The van der Waals surface area contributed by atoms with Gasteiger partial charge in [0.15, 0.2) is 0 Å². The first kappa shape index (κ1) is 10.2. The normalized spacial score (nSPS) is 10.8. The molecule has 0 amide bonds. The molecular formula is C8H7BINO2S. The summed E-state index contributed by atoms with van der Waals surface area (Å²) >= 11 is 3.56. The lowest BCUT2D eigenvalue weighted by atomic mass is 9.79. The van der Waals surface area contributed by atoms with Gasteiger partial charge in [-0.1, -0.05) is 0 Å². The number of halogens is 1. The Morgan fingerprint density at radius 3 is 2.79 bits per heavy atom. The van der Waals surface area contributed by atoms with Crippen molar-refractivity contribution in [3.8, 4) is 0 Å². The average molecular weight is 319 g/mol. The Kier molecular flexibility index (Phi) is 2.69. The minimum absolute atomic E-state index is 0.403. The molecule has 1 aromatic heterocycles. The molecule has 0 saturated heterocycles. The molecule has 6 heteroatoms. The number of anilines is 1. The summed E-state index contributed by atoms with van der Waals surface area (Å²) in [5.74, 6) is 0. The molecule has 14 heavy (non-hydrogen) atoms. The Morgan fingerprint density at radius 1 is 1.43 bits per heavy atom. The van der Waals surface area contributed by atoms with Crippen LogP contribution in [0.25, 0.3) is 10.1 Å². The van der Waals surface area contributed by atoms with Gasteiger partial charge in [-0.05, 0) is 45.5 Å². The summed E-state index contributed by atoms with van der Waals surface area (Å²) in [4.78, 5) is 0. The summed E-state index contributed by atoms with van der Waals surface area (Å²) in [5.41, 5.74) is 6.72. The molecule has 0 aliphatic carbocycles. The van der Waals surface area contributed by atoms with Crippen LogP contribution in [0, 0.1) is 3.57 Å². The van der Waals surface area contributed by atoms with Gasteiger partial charge in [0.2, 0.25) is 0 Å². The second-order valence-electron chi connectivity index (χ2n) is 2.90. The average Bonchev–Trinajstić information content (AvgIpc) is 2.50. The van der Waals surface area contributed by atoms with Crippen molar-refractivity contribution in [2.24, 2.45) is 0 Å². The van der Waals surface area contributed by atoms with Crippen LogP contribution < -0.4 is 11.2 Å². The number of hydrogen-bond acceptors (Lipinski definition) is 4. The smallest absolute Gasteiger partial charge is 0.423 e. The van der Waals surface area contributed by atoms with E-state index in [1.54, 1.807) is 0 Å². The van der Waals surface area contributed by atoms with E-state index in [-0.39, 0.29) is 0 Å². The lowest BCUT2D eigenvalue weighted by molar-refractivity contribution is 0.426. The molecule has 4 N–H and O–H groups in total. The molecule has 72 valence electrons. The number of hydrogen-bond donors (Lipinski definition) is 3. The molecule has 3 nitrogen and oxygen atoms in total. The highest BCUT2D eigenvalue weighted by Crippen LogP contribution is 2.27. The maximum Gasteiger partial charge on any atom is 0.491 e. The largest absolute Gasteiger partial charge is 0.491 e. The van der Waals surface area contributed by atoms with Crippen LogP contribution in [0.3, 0.4) is 0 Å². The standard InChI is InChI=1S/C8H7BINO2S/c10-5-3-4-1-2-14-8(4)7(11)6(5)9(12)13/h1-3,12-13H,11H2. The van der Waals surface area contributed by atoms with Gasteiger partial charge in [-0.3, -0.25) is 0 Å². The molecule has 0 atom stereocenters. The zero-order chi connectivity index (χ0) is 10.3. The van der Waals surface area contributed by atoms with Crippen LogP contribution in [0.2, 0.25) is 0 Å². The number of thiophene rings is 1. The van der Waals surface area contributed by atoms with E-state index in [0.717, 1.165) is 13.7 Å². The highest BCUT2D eigenvalue weighted by molar-refractivity contribution is 14.1. The molecule has 0 aliphatic rings. The molecule has 0 spiro atoms. The molecule has 0 fully saturated rings. The number of rotatable bonds is 1. The Morgan fingerprint density at radius 2 is 2.14 bits per heavy atom. The van der Waals surface area contributed by atoms with E-state index in [4.69, 9.17) is 15.8 Å².